The van der Waals surface area contributed by atoms with Gasteiger partial charge in [0.2, 0.25) is 11.8 Å². The zero-order chi connectivity index (χ0) is 21.7. The van der Waals surface area contributed by atoms with Crippen LogP contribution in [0.1, 0.15) is 60.8 Å². The Morgan fingerprint density at radius 2 is 1.68 bits per heavy atom. The Kier molecular flexibility index (Phi) is 13.5. The summed E-state index contributed by atoms with van der Waals surface area (Å²) in [6.45, 7) is 14.9. The zero-order valence-electron chi connectivity index (χ0n) is 18.6. The molecule has 0 saturated carbocycles. The summed E-state index contributed by atoms with van der Waals surface area (Å²) < 4.78 is 11.6. The smallest absolute Gasteiger partial charge is 0.226 e. The molecule has 0 spiro atoms. The minimum absolute atomic E-state index is 0.00957. The maximum atomic E-state index is 12.0. The van der Waals surface area contributed by atoms with Gasteiger partial charge in [0.1, 0.15) is 5.78 Å². The van der Waals surface area contributed by atoms with Crippen LogP contribution in [0.3, 0.4) is 0 Å². The molecule has 28 heavy (non-hydrogen) atoms. The van der Waals surface area contributed by atoms with Crippen LogP contribution in [0.5, 0.6) is 0 Å². The number of Topliss-reactive ketones (excluding diaryl/α,β-unsaturated/α-hetero) is 1. The molecule has 0 fully saturated rings. The van der Waals surface area contributed by atoms with E-state index in [0.29, 0.717) is 38.3 Å². The molecule has 2 atom stereocenters. The number of carbonyl (C=O) groups is 3. The maximum absolute atomic E-state index is 12.0. The topological polar surface area (TPSA) is 93.7 Å². The summed E-state index contributed by atoms with van der Waals surface area (Å²) in [6.07, 6.45) is 1.59. The van der Waals surface area contributed by atoms with Crippen LogP contribution >= 0.6 is 8.15 Å². The summed E-state index contributed by atoms with van der Waals surface area (Å²) >= 11 is 0. The third-order valence-corrected chi connectivity index (χ3v) is 5.75. The highest BCUT2D eigenvalue weighted by molar-refractivity contribution is 7.52. The van der Waals surface area contributed by atoms with E-state index >= 15 is 0 Å². The first-order valence-corrected chi connectivity index (χ1v) is 11.9. The van der Waals surface area contributed by atoms with Gasteiger partial charge in [-0.05, 0) is 46.7 Å². The van der Waals surface area contributed by atoms with Crippen molar-refractivity contribution in [1.82, 2.24) is 10.6 Å². The minimum Gasteiger partial charge on any atom is -0.374 e. The fraction of sp³-hybridized carbons (Fsp3) is 0.850. The molecule has 0 aliphatic carbocycles. The molecule has 7 nitrogen and oxygen atoms in total. The van der Waals surface area contributed by atoms with Crippen molar-refractivity contribution < 1.29 is 23.6 Å². The monoisotopic (exact) mass is 418 g/mol. The van der Waals surface area contributed by atoms with Gasteiger partial charge in [-0.25, -0.2) is 0 Å². The molecule has 164 valence electrons. The highest BCUT2D eigenvalue weighted by Crippen LogP contribution is 2.32. The van der Waals surface area contributed by atoms with Crippen LogP contribution in [0, 0.1) is 5.92 Å². The Morgan fingerprint density at radius 3 is 2.25 bits per heavy atom. The highest BCUT2D eigenvalue weighted by atomic mass is 31.1. The summed E-state index contributed by atoms with van der Waals surface area (Å²) in [7, 11) is -0.809. The SMILES string of the molecule is CC(=O)CCC(=O)NCCOC(C)(C)CCOP(C)CC(=O)NC(C)C(C)C. The van der Waals surface area contributed by atoms with Crippen molar-refractivity contribution in [2.75, 3.05) is 32.6 Å². The summed E-state index contributed by atoms with van der Waals surface area (Å²) in [4.78, 5) is 34.4. The predicted octanol–water partition coefficient (Wildman–Crippen LogP) is 2.86. The lowest BCUT2D eigenvalue weighted by atomic mass is 10.1. The van der Waals surface area contributed by atoms with E-state index < -0.39 is 8.15 Å². The van der Waals surface area contributed by atoms with Crippen LogP contribution < -0.4 is 10.6 Å². The van der Waals surface area contributed by atoms with Gasteiger partial charge in [-0.15, -0.1) is 0 Å². The molecule has 0 rings (SSSR count). The minimum atomic E-state index is -0.809. The summed E-state index contributed by atoms with van der Waals surface area (Å²) in [6, 6.07) is 0.159. The first-order chi connectivity index (χ1) is 12.9. The number of hydrogen-bond acceptors (Lipinski definition) is 5. The zero-order valence-corrected chi connectivity index (χ0v) is 19.5. The average Bonchev–Trinajstić information content (AvgIpc) is 2.56. The van der Waals surface area contributed by atoms with E-state index in [1.165, 1.54) is 6.92 Å². The van der Waals surface area contributed by atoms with Crippen molar-refractivity contribution in [1.29, 1.82) is 0 Å². The first kappa shape index (κ1) is 27.0. The Labute approximate surface area is 171 Å². The van der Waals surface area contributed by atoms with Gasteiger partial charge in [-0.1, -0.05) is 13.8 Å². The Morgan fingerprint density at radius 1 is 1.04 bits per heavy atom. The molecule has 0 heterocycles. The quantitative estimate of drug-likeness (QED) is 0.315. The second kappa shape index (κ2) is 14.0. The second-order valence-corrected chi connectivity index (χ2v) is 9.96. The summed E-state index contributed by atoms with van der Waals surface area (Å²) in [5.74, 6) is 0.313. The third-order valence-electron chi connectivity index (χ3n) is 4.39. The van der Waals surface area contributed by atoms with E-state index in [0.717, 1.165) is 0 Å². The fourth-order valence-electron chi connectivity index (χ4n) is 2.13. The molecule has 0 radical (unpaired) electrons. The van der Waals surface area contributed by atoms with Gasteiger partial charge in [0.25, 0.3) is 0 Å². The number of amides is 2. The van der Waals surface area contributed by atoms with Gasteiger partial charge in [-0.2, -0.15) is 0 Å². The molecule has 0 aromatic heterocycles. The summed E-state index contributed by atoms with van der Waals surface area (Å²) in [5.41, 5.74) is -0.380. The number of ether oxygens (including phenoxy) is 1. The van der Waals surface area contributed by atoms with Gasteiger partial charge < -0.3 is 24.7 Å². The molecule has 0 aromatic rings. The lowest BCUT2D eigenvalue weighted by molar-refractivity contribution is -0.125. The van der Waals surface area contributed by atoms with E-state index in [1.807, 2.05) is 27.4 Å². The molecule has 8 heteroatoms. The Hall–Kier alpha value is -1.04. The number of ketones is 1. The van der Waals surface area contributed by atoms with Gasteiger partial charge >= 0.3 is 0 Å². The highest BCUT2D eigenvalue weighted by Gasteiger charge is 2.20. The molecule has 0 aliphatic heterocycles. The van der Waals surface area contributed by atoms with E-state index in [9.17, 15) is 14.4 Å². The number of hydrogen-bond donors (Lipinski definition) is 2. The van der Waals surface area contributed by atoms with Crippen LogP contribution in [0.15, 0.2) is 0 Å². The lowest BCUT2D eigenvalue weighted by Gasteiger charge is -2.26. The summed E-state index contributed by atoms with van der Waals surface area (Å²) in [5, 5.41) is 5.74. The van der Waals surface area contributed by atoms with Crippen molar-refractivity contribution in [2.45, 2.75) is 72.4 Å². The standard InChI is InChI=1S/C20H39N2O5P/c1-15(2)17(4)22-19(25)14-28(7)27-12-10-20(5,6)26-13-11-21-18(24)9-8-16(3)23/h15,17H,8-14H2,1-7H3,(H,21,24)(H,22,25). The second-order valence-electron chi connectivity index (χ2n) is 8.13. The molecule has 0 saturated heterocycles. The van der Waals surface area contributed by atoms with Crippen molar-refractivity contribution in [2.24, 2.45) is 5.92 Å². The van der Waals surface area contributed by atoms with Crippen molar-refractivity contribution >= 4 is 25.7 Å². The molecule has 0 aliphatic rings. The number of carbonyl (C=O) groups excluding carboxylic acids is 3. The van der Waals surface area contributed by atoms with Gasteiger partial charge in [0.15, 0.2) is 0 Å². The largest absolute Gasteiger partial charge is 0.374 e. The Bertz CT molecular complexity index is 497. The molecule has 2 unspecified atom stereocenters. The average molecular weight is 419 g/mol. The molecule has 2 amide bonds. The molecular formula is C20H39N2O5P. The number of rotatable bonds is 15. The van der Waals surface area contributed by atoms with Gasteiger partial charge in [0.05, 0.1) is 25.0 Å². The van der Waals surface area contributed by atoms with Crippen LogP contribution in [0.2, 0.25) is 0 Å². The van der Waals surface area contributed by atoms with Gasteiger partial charge in [-0.3, -0.25) is 9.59 Å². The van der Waals surface area contributed by atoms with E-state index in [-0.39, 0.29) is 42.1 Å². The van der Waals surface area contributed by atoms with Crippen LogP contribution in [0.4, 0.5) is 0 Å². The predicted molar refractivity (Wildman–Crippen MR) is 114 cm³/mol. The van der Waals surface area contributed by atoms with Crippen molar-refractivity contribution in [3.63, 3.8) is 0 Å². The van der Waals surface area contributed by atoms with Crippen LogP contribution in [-0.4, -0.2) is 61.8 Å². The first-order valence-electron chi connectivity index (χ1n) is 9.96. The van der Waals surface area contributed by atoms with Crippen molar-refractivity contribution in [3.05, 3.63) is 0 Å². The van der Waals surface area contributed by atoms with Gasteiger partial charge in [0, 0.05) is 33.6 Å². The molecule has 0 aromatic carbocycles. The Balaban J connectivity index is 3.92. The maximum Gasteiger partial charge on any atom is 0.226 e. The number of nitrogens with one attached hydrogen (secondary N) is 2. The molecular weight excluding hydrogens is 379 g/mol. The third kappa shape index (κ3) is 14.9. The fourth-order valence-corrected chi connectivity index (χ4v) is 3.12. The van der Waals surface area contributed by atoms with Crippen LogP contribution in [0.25, 0.3) is 0 Å². The molecule has 0 bridgehead atoms. The van der Waals surface area contributed by atoms with E-state index in [4.69, 9.17) is 9.26 Å². The van der Waals surface area contributed by atoms with Crippen LogP contribution in [-0.2, 0) is 23.6 Å². The lowest BCUT2D eigenvalue weighted by Crippen LogP contribution is -2.37. The van der Waals surface area contributed by atoms with Crippen molar-refractivity contribution in [3.8, 4) is 0 Å². The normalized spacial score (nSPS) is 13.9. The molecule has 2 N–H and O–H groups in total. The van der Waals surface area contributed by atoms with E-state index in [2.05, 4.69) is 24.5 Å². The van der Waals surface area contributed by atoms with E-state index in [1.54, 1.807) is 0 Å².